The van der Waals surface area contributed by atoms with Crippen LogP contribution in [0.2, 0.25) is 0 Å². The Morgan fingerprint density at radius 1 is 1.31 bits per heavy atom. The number of esters is 1. The van der Waals surface area contributed by atoms with Crippen LogP contribution in [-0.2, 0) is 14.3 Å². The Balaban J connectivity index is 1.85. The van der Waals surface area contributed by atoms with E-state index < -0.39 is 11.9 Å². The maximum Gasteiger partial charge on any atom is 0.337 e. The zero-order valence-corrected chi connectivity index (χ0v) is 18.6. The lowest BCUT2D eigenvalue weighted by atomic mass is 9.86. The zero-order valence-electron chi connectivity index (χ0n) is 17.8. The Hall–Kier alpha value is -3.70. The number of benzene rings is 1. The monoisotopic (exact) mass is 449 g/mol. The molecule has 1 aromatic carbocycles. The van der Waals surface area contributed by atoms with Gasteiger partial charge >= 0.3 is 5.97 Å². The van der Waals surface area contributed by atoms with Crippen molar-refractivity contribution in [2.24, 2.45) is 0 Å². The van der Waals surface area contributed by atoms with Gasteiger partial charge in [0.2, 0.25) is 5.91 Å². The number of dihydropyridines is 1. The maximum atomic E-state index is 12.7. The number of ether oxygens (including phenoxy) is 1. The topological polar surface area (TPSA) is 104 Å². The van der Waals surface area contributed by atoms with Crippen LogP contribution in [0.25, 0.3) is 0 Å². The molecule has 2 aromatic rings. The average molecular weight is 450 g/mol. The summed E-state index contributed by atoms with van der Waals surface area (Å²) in [6.45, 7) is 7.24. The van der Waals surface area contributed by atoms with Gasteiger partial charge in [0.25, 0.3) is 0 Å². The third-order valence-corrected chi connectivity index (χ3v) is 5.81. The van der Waals surface area contributed by atoms with Crippen LogP contribution in [0.15, 0.2) is 81.6 Å². The van der Waals surface area contributed by atoms with Crippen LogP contribution in [0.1, 0.15) is 24.2 Å². The van der Waals surface area contributed by atoms with Gasteiger partial charge in [-0.15, -0.1) is 0 Å². The van der Waals surface area contributed by atoms with Gasteiger partial charge in [0.05, 0.1) is 40.2 Å². The van der Waals surface area contributed by atoms with Crippen molar-refractivity contribution in [3.8, 4) is 6.07 Å². The fourth-order valence-corrected chi connectivity index (χ4v) is 4.18. The molecule has 0 spiro atoms. The van der Waals surface area contributed by atoms with E-state index in [0.29, 0.717) is 16.5 Å². The van der Waals surface area contributed by atoms with Crippen molar-refractivity contribution >= 4 is 29.3 Å². The summed E-state index contributed by atoms with van der Waals surface area (Å²) in [5.74, 6) is -0.990. The van der Waals surface area contributed by atoms with Crippen molar-refractivity contribution in [2.75, 3.05) is 17.7 Å². The molecule has 0 saturated carbocycles. The number of carbonyl (C=O) groups is 2. The van der Waals surface area contributed by atoms with Crippen LogP contribution >= 0.6 is 11.8 Å². The predicted molar refractivity (Wildman–Crippen MR) is 123 cm³/mol. The maximum absolute atomic E-state index is 12.7. The van der Waals surface area contributed by atoms with Crippen molar-refractivity contribution in [2.45, 2.75) is 19.8 Å². The molecule has 1 atom stereocenters. The number of amides is 1. The van der Waals surface area contributed by atoms with Gasteiger partial charge in [0, 0.05) is 11.4 Å². The number of para-hydroxylation sites is 1. The van der Waals surface area contributed by atoms with Gasteiger partial charge in [-0.2, -0.15) is 5.26 Å². The largest absolute Gasteiger partial charge is 0.468 e. The van der Waals surface area contributed by atoms with Crippen molar-refractivity contribution in [3.05, 3.63) is 88.5 Å². The molecule has 1 aliphatic rings. The Morgan fingerprint density at radius 2 is 2.09 bits per heavy atom. The highest BCUT2D eigenvalue weighted by atomic mass is 32.2. The number of aryl methyl sites for hydroxylation is 1. The fraction of sp³-hybridized carbons (Fsp3) is 0.208. The highest BCUT2D eigenvalue weighted by molar-refractivity contribution is 8.03. The number of carbonyl (C=O) groups excluding carboxylic acids is 2. The van der Waals surface area contributed by atoms with Gasteiger partial charge in [0.1, 0.15) is 12.4 Å². The van der Waals surface area contributed by atoms with E-state index in [-0.39, 0.29) is 29.4 Å². The number of hydrogen-bond acceptors (Lipinski definition) is 7. The molecular formula is C24H23N3O4S. The Labute approximate surface area is 190 Å². The number of nitrogens with zero attached hydrogens (tertiary/aromatic N) is 1. The van der Waals surface area contributed by atoms with Gasteiger partial charge in [0.15, 0.2) is 0 Å². The average Bonchev–Trinajstić information content (AvgIpc) is 3.31. The number of allylic oxidation sites excluding steroid dienone is 2. The molecule has 0 aliphatic carbocycles. The fourth-order valence-electron chi connectivity index (χ4n) is 3.29. The summed E-state index contributed by atoms with van der Waals surface area (Å²) in [4.78, 5) is 25.2. The van der Waals surface area contributed by atoms with Gasteiger partial charge < -0.3 is 19.8 Å². The first-order valence-corrected chi connectivity index (χ1v) is 10.9. The molecule has 3 rings (SSSR count). The second-order valence-electron chi connectivity index (χ2n) is 7.01. The molecule has 1 amide bonds. The Bertz CT molecular complexity index is 1130. The summed E-state index contributed by atoms with van der Waals surface area (Å²) in [6, 6.07) is 13.1. The second kappa shape index (κ2) is 10.6. The molecule has 2 N–H and O–H groups in total. The first-order valence-electron chi connectivity index (χ1n) is 9.88. The van der Waals surface area contributed by atoms with E-state index in [0.717, 1.165) is 11.3 Å². The molecule has 8 heteroatoms. The minimum atomic E-state index is -0.740. The third kappa shape index (κ3) is 5.13. The number of nitriles is 1. The molecule has 0 fully saturated rings. The molecule has 7 nitrogen and oxygen atoms in total. The smallest absolute Gasteiger partial charge is 0.337 e. The Kier molecular flexibility index (Phi) is 7.58. The first kappa shape index (κ1) is 23.0. The minimum Gasteiger partial charge on any atom is -0.468 e. The number of thioether (sulfide) groups is 1. The van der Waals surface area contributed by atoms with Crippen LogP contribution in [0.3, 0.4) is 0 Å². The highest BCUT2D eigenvalue weighted by Crippen LogP contribution is 2.41. The van der Waals surface area contributed by atoms with Crippen molar-refractivity contribution in [1.29, 1.82) is 5.26 Å². The minimum absolute atomic E-state index is 0.0484. The number of anilines is 1. The molecule has 1 aliphatic heterocycles. The molecule has 0 saturated heterocycles. The van der Waals surface area contributed by atoms with Gasteiger partial charge in [-0.3, -0.25) is 4.79 Å². The predicted octanol–water partition coefficient (Wildman–Crippen LogP) is 4.39. The van der Waals surface area contributed by atoms with E-state index in [4.69, 9.17) is 9.15 Å². The van der Waals surface area contributed by atoms with Crippen LogP contribution in [-0.4, -0.2) is 24.2 Å². The summed E-state index contributed by atoms with van der Waals surface area (Å²) in [7, 11) is 0. The lowest BCUT2D eigenvalue weighted by Crippen LogP contribution is -2.29. The number of hydrogen-bond donors (Lipinski definition) is 2. The van der Waals surface area contributed by atoms with Crippen LogP contribution in [0.5, 0.6) is 0 Å². The van der Waals surface area contributed by atoms with Crippen LogP contribution in [0.4, 0.5) is 5.69 Å². The van der Waals surface area contributed by atoms with E-state index in [1.54, 1.807) is 19.1 Å². The normalized spacial score (nSPS) is 15.6. The molecule has 0 bridgehead atoms. The van der Waals surface area contributed by atoms with Crippen LogP contribution < -0.4 is 10.6 Å². The lowest BCUT2D eigenvalue weighted by molar-refractivity contribution is -0.138. The summed E-state index contributed by atoms with van der Waals surface area (Å²) in [5, 5.41) is 16.4. The standard InChI is InChI=1S/C24H23N3O4S/c1-4-11-31-24(29)21-16(3)26-23(17(13-25)22(21)19-10-7-12-30-19)32-14-20(28)27-18-9-6-5-8-15(18)2/h4-10,12,22,26H,1,11,14H2,2-3H3,(H,27,28). The third-order valence-electron chi connectivity index (χ3n) is 4.79. The van der Waals surface area contributed by atoms with Gasteiger partial charge in [-0.25, -0.2) is 4.79 Å². The highest BCUT2D eigenvalue weighted by Gasteiger charge is 2.37. The van der Waals surface area contributed by atoms with E-state index in [1.807, 2.05) is 31.2 Å². The SMILES string of the molecule is C=CCOC(=O)C1=C(C)NC(SCC(=O)Nc2ccccc2C)=C(C#N)C1c1ccco1. The molecule has 32 heavy (non-hydrogen) atoms. The number of nitrogens with one attached hydrogen (secondary N) is 2. The van der Waals surface area contributed by atoms with E-state index in [9.17, 15) is 14.9 Å². The molecule has 1 unspecified atom stereocenters. The summed E-state index contributed by atoms with van der Waals surface area (Å²) < 4.78 is 10.8. The molecule has 164 valence electrons. The van der Waals surface area contributed by atoms with E-state index in [2.05, 4.69) is 23.3 Å². The van der Waals surface area contributed by atoms with Gasteiger partial charge in [-0.05, 0) is 37.6 Å². The van der Waals surface area contributed by atoms with Crippen LogP contribution in [0, 0.1) is 18.3 Å². The molecule has 2 heterocycles. The van der Waals surface area contributed by atoms with Crippen molar-refractivity contribution < 1.29 is 18.7 Å². The van der Waals surface area contributed by atoms with Crippen molar-refractivity contribution in [3.63, 3.8) is 0 Å². The quantitative estimate of drug-likeness (QED) is 0.455. The lowest BCUT2D eigenvalue weighted by Gasteiger charge is -2.27. The van der Waals surface area contributed by atoms with E-state index in [1.165, 1.54) is 24.1 Å². The molecule has 0 radical (unpaired) electrons. The molecule has 1 aromatic heterocycles. The molecular weight excluding hydrogens is 426 g/mol. The summed E-state index contributed by atoms with van der Waals surface area (Å²) >= 11 is 1.19. The van der Waals surface area contributed by atoms with E-state index >= 15 is 0 Å². The number of rotatable bonds is 8. The van der Waals surface area contributed by atoms with Crippen molar-refractivity contribution in [1.82, 2.24) is 5.32 Å². The summed E-state index contributed by atoms with van der Waals surface area (Å²) in [5.41, 5.74) is 2.79. The first-order chi connectivity index (χ1) is 15.5. The zero-order chi connectivity index (χ0) is 23.1. The second-order valence-corrected chi connectivity index (χ2v) is 7.99. The number of furan rings is 1. The van der Waals surface area contributed by atoms with Gasteiger partial charge in [-0.1, -0.05) is 42.6 Å². The summed E-state index contributed by atoms with van der Waals surface area (Å²) in [6.07, 6.45) is 2.96. The Morgan fingerprint density at radius 3 is 2.75 bits per heavy atom.